The maximum absolute atomic E-state index is 12.4. The number of azo groups is 1. The standard InChI is InChI=1S/C18H17N3O12S4/c19-14-6-5-12-13(2-1-3-16(12)35(24,25)26)18(14)21-20-15-7-4-11(10-17(15)36(27,28)29)34(22,23)9-8-33-37(30,31)32/h1-7,10H,8-9,19H2,(H,24,25,26)(H,27,28,29)(H,30,31,32)/b21-20+. The van der Waals surface area contributed by atoms with Crippen molar-refractivity contribution >= 4 is 68.3 Å². The Morgan fingerprint density at radius 1 is 0.757 bits per heavy atom. The molecule has 0 atom stereocenters. The summed E-state index contributed by atoms with van der Waals surface area (Å²) in [5, 5.41) is 7.72. The normalized spacial score (nSPS) is 13.4. The summed E-state index contributed by atoms with van der Waals surface area (Å²) in [5.41, 5.74) is 5.24. The van der Waals surface area contributed by atoms with Crippen LogP contribution in [0.3, 0.4) is 0 Å². The Hall–Kier alpha value is -3.04. The Kier molecular flexibility index (Phi) is 7.73. The van der Waals surface area contributed by atoms with Gasteiger partial charge in [-0.25, -0.2) is 12.6 Å². The maximum Gasteiger partial charge on any atom is 0.397 e. The van der Waals surface area contributed by atoms with Gasteiger partial charge in [0.05, 0.1) is 22.9 Å². The van der Waals surface area contributed by atoms with Crippen LogP contribution < -0.4 is 5.73 Å². The third-order valence-corrected chi connectivity index (χ3v) is 8.65. The Morgan fingerprint density at radius 3 is 2.00 bits per heavy atom. The number of fused-ring (bicyclic) bond motifs is 1. The van der Waals surface area contributed by atoms with Crippen molar-refractivity contribution in [2.24, 2.45) is 10.2 Å². The van der Waals surface area contributed by atoms with Crippen LogP contribution >= 0.6 is 0 Å². The van der Waals surface area contributed by atoms with Crippen molar-refractivity contribution in [3.8, 4) is 0 Å². The zero-order valence-electron chi connectivity index (χ0n) is 18.2. The first-order valence-corrected chi connectivity index (χ1v) is 15.5. The summed E-state index contributed by atoms with van der Waals surface area (Å²) in [5.74, 6) is -0.971. The molecule has 0 amide bonds. The summed E-state index contributed by atoms with van der Waals surface area (Å²) in [6, 6.07) is 8.73. The van der Waals surface area contributed by atoms with Gasteiger partial charge < -0.3 is 5.73 Å². The highest BCUT2D eigenvalue weighted by atomic mass is 32.3. The first-order chi connectivity index (χ1) is 16.9. The van der Waals surface area contributed by atoms with Crippen molar-refractivity contribution in [1.82, 2.24) is 0 Å². The van der Waals surface area contributed by atoms with E-state index in [-0.39, 0.29) is 22.1 Å². The number of benzene rings is 3. The SMILES string of the molecule is Nc1ccc2c(S(=O)(=O)O)cccc2c1/N=N/c1ccc(S(=O)(=O)CCOS(=O)(=O)O)cc1S(=O)(=O)O. The van der Waals surface area contributed by atoms with Crippen LogP contribution in [0.4, 0.5) is 17.1 Å². The van der Waals surface area contributed by atoms with Gasteiger partial charge in [0, 0.05) is 10.8 Å². The van der Waals surface area contributed by atoms with E-state index in [0.717, 1.165) is 18.2 Å². The molecule has 0 aliphatic rings. The van der Waals surface area contributed by atoms with Gasteiger partial charge in [-0.05, 0) is 30.3 Å². The molecule has 3 rings (SSSR count). The van der Waals surface area contributed by atoms with Crippen LogP contribution in [0.1, 0.15) is 0 Å². The lowest BCUT2D eigenvalue weighted by Crippen LogP contribution is -2.16. The minimum atomic E-state index is -5.07. The van der Waals surface area contributed by atoms with Gasteiger partial charge >= 0.3 is 10.4 Å². The van der Waals surface area contributed by atoms with Gasteiger partial charge in [-0.1, -0.05) is 18.2 Å². The summed E-state index contributed by atoms with van der Waals surface area (Å²) in [6.07, 6.45) is 0. The Morgan fingerprint density at radius 2 is 1.41 bits per heavy atom. The van der Waals surface area contributed by atoms with Gasteiger partial charge in [-0.2, -0.15) is 25.3 Å². The van der Waals surface area contributed by atoms with Crippen molar-refractivity contribution in [3.63, 3.8) is 0 Å². The molecule has 3 aromatic rings. The van der Waals surface area contributed by atoms with Crippen molar-refractivity contribution in [2.45, 2.75) is 14.7 Å². The van der Waals surface area contributed by atoms with Crippen LogP contribution in [0.2, 0.25) is 0 Å². The van der Waals surface area contributed by atoms with Crippen LogP contribution in [-0.4, -0.2) is 59.7 Å². The first kappa shape index (κ1) is 28.5. The van der Waals surface area contributed by atoms with Crippen LogP contribution in [0.15, 0.2) is 73.4 Å². The van der Waals surface area contributed by atoms with Crippen LogP contribution in [0.25, 0.3) is 10.8 Å². The number of nitrogen functional groups attached to an aromatic ring is 1. The first-order valence-electron chi connectivity index (χ1n) is 9.57. The van der Waals surface area contributed by atoms with E-state index in [9.17, 15) is 42.8 Å². The molecule has 0 aliphatic heterocycles. The molecule has 0 saturated carbocycles. The molecular weight excluding hydrogens is 578 g/mol. The van der Waals surface area contributed by atoms with E-state index in [2.05, 4.69) is 14.4 Å². The maximum atomic E-state index is 12.4. The second-order valence-corrected chi connectivity index (χ2v) is 13.2. The Bertz CT molecular complexity index is 1850. The number of nitrogens with two attached hydrogens (primary N) is 1. The fourth-order valence-corrected chi connectivity index (χ4v) is 6.06. The van der Waals surface area contributed by atoms with E-state index < -0.39 is 73.2 Å². The zero-order chi connectivity index (χ0) is 27.8. The van der Waals surface area contributed by atoms with Gasteiger partial charge in [0.1, 0.15) is 21.2 Å². The second-order valence-electron chi connectivity index (χ2n) is 7.20. The summed E-state index contributed by atoms with van der Waals surface area (Å²) in [6.45, 7) is -0.976. The molecule has 3 aromatic carbocycles. The smallest absolute Gasteiger partial charge is 0.397 e. The van der Waals surface area contributed by atoms with Gasteiger partial charge in [0.25, 0.3) is 20.2 Å². The lowest BCUT2D eigenvalue weighted by molar-refractivity contribution is 0.284. The summed E-state index contributed by atoms with van der Waals surface area (Å²) in [7, 11) is -19.0. The number of anilines is 1. The highest BCUT2D eigenvalue weighted by Crippen LogP contribution is 2.37. The molecule has 0 spiro atoms. The number of hydrogen-bond acceptors (Lipinski definition) is 12. The van der Waals surface area contributed by atoms with Gasteiger partial charge in [0.2, 0.25) is 0 Å². The zero-order valence-corrected chi connectivity index (χ0v) is 21.4. The molecule has 15 nitrogen and oxygen atoms in total. The van der Waals surface area contributed by atoms with Gasteiger partial charge in [0.15, 0.2) is 9.84 Å². The van der Waals surface area contributed by atoms with Crippen LogP contribution in [0, 0.1) is 0 Å². The van der Waals surface area contributed by atoms with E-state index in [1.165, 1.54) is 24.3 Å². The molecule has 0 bridgehead atoms. The van der Waals surface area contributed by atoms with E-state index in [4.69, 9.17) is 10.3 Å². The fraction of sp³-hybridized carbons (Fsp3) is 0.111. The Balaban J connectivity index is 2.10. The third-order valence-electron chi connectivity index (χ3n) is 4.71. The molecule has 0 unspecified atom stereocenters. The van der Waals surface area contributed by atoms with Crippen LogP contribution in [0.5, 0.6) is 0 Å². The number of rotatable bonds is 9. The van der Waals surface area contributed by atoms with Gasteiger partial charge in [-0.3, -0.25) is 13.7 Å². The molecule has 0 aliphatic carbocycles. The largest absolute Gasteiger partial charge is 0.397 e. The molecule has 200 valence electrons. The highest BCUT2D eigenvalue weighted by Gasteiger charge is 2.23. The van der Waals surface area contributed by atoms with Crippen molar-refractivity contribution in [2.75, 3.05) is 18.1 Å². The molecule has 37 heavy (non-hydrogen) atoms. The molecule has 0 saturated heterocycles. The highest BCUT2D eigenvalue weighted by molar-refractivity contribution is 7.91. The minimum absolute atomic E-state index is 0.0184. The van der Waals surface area contributed by atoms with Crippen molar-refractivity contribution in [1.29, 1.82) is 0 Å². The molecule has 0 radical (unpaired) electrons. The van der Waals surface area contributed by atoms with E-state index in [1.807, 2.05) is 0 Å². The lowest BCUT2D eigenvalue weighted by Gasteiger charge is -2.09. The average Bonchev–Trinajstić information content (AvgIpc) is 2.75. The van der Waals surface area contributed by atoms with E-state index >= 15 is 0 Å². The number of hydrogen-bond donors (Lipinski definition) is 4. The Labute approximate surface area is 211 Å². The van der Waals surface area contributed by atoms with E-state index in [0.29, 0.717) is 6.07 Å². The predicted octanol–water partition coefficient (Wildman–Crippen LogP) is 1.92. The van der Waals surface area contributed by atoms with Crippen molar-refractivity contribution in [3.05, 3.63) is 48.5 Å². The number of sulfone groups is 1. The summed E-state index contributed by atoms with van der Waals surface area (Å²) in [4.78, 5) is -2.08. The minimum Gasteiger partial charge on any atom is -0.397 e. The summed E-state index contributed by atoms with van der Waals surface area (Å²) >= 11 is 0. The second kappa shape index (κ2) is 10.0. The van der Waals surface area contributed by atoms with Gasteiger partial charge in [-0.15, -0.1) is 10.2 Å². The summed E-state index contributed by atoms with van der Waals surface area (Å²) < 4.78 is 125. The quantitative estimate of drug-likeness (QED) is 0.157. The average molecular weight is 596 g/mol. The molecule has 0 fully saturated rings. The fourth-order valence-electron chi connectivity index (χ4n) is 3.11. The number of nitrogens with zero attached hydrogens (tertiary/aromatic N) is 2. The molecule has 0 aromatic heterocycles. The molecule has 0 heterocycles. The lowest BCUT2D eigenvalue weighted by atomic mass is 10.1. The third kappa shape index (κ3) is 6.84. The molecule has 5 N–H and O–H groups in total. The molecular formula is C18H17N3O12S4. The topological polar surface area (TPSA) is 257 Å². The van der Waals surface area contributed by atoms with Crippen LogP contribution in [-0.2, 0) is 44.7 Å². The monoisotopic (exact) mass is 595 g/mol. The predicted molar refractivity (Wildman–Crippen MR) is 128 cm³/mol. The molecule has 19 heteroatoms. The van der Waals surface area contributed by atoms with E-state index in [1.54, 1.807) is 0 Å². The van der Waals surface area contributed by atoms with Crippen molar-refractivity contribution < 1.29 is 51.5 Å².